The molecule has 614 valence electrons. The van der Waals surface area contributed by atoms with Crippen molar-refractivity contribution in [2.75, 3.05) is 126 Å². The third-order valence-corrected chi connectivity index (χ3v) is 27.8. The highest BCUT2D eigenvalue weighted by molar-refractivity contribution is 7.99. The van der Waals surface area contributed by atoms with Gasteiger partial charge >= 0.3 is 5.51 Å². The largest absolute Gasteiger partial charge is 0.501 e. The minimum atomic E-state index is -6.08. The first-order valence-corrected chi connectivity index (χ1v) is 44.6. The Morgan fingerprint density at radius 2 is 1.47 bits per heavy atom. The monoisotopic (exact) mass is 1660 g/mol. The number of allylic oxidation sites excluding steroid dienone is 1. The molecule has 0 bridgehead atoms. The summed E-state index contributed by atoms with van der Waals surface area (Å²) in [7, 11) is -10.8. The molecule has 5 N–H and O–H groups in total. The normalized spacial score (nSPS) is 20.0. The number of carbonyl (C=O) groups excluding carboxylic acids is 4. The second-order valence-corrected chi connectivity index (χ2v) is 38.1. The Kier molecular flexibility index (Phi) is 28.3. The summed E-state index contributed by atoms with van der Waals surface area (Å²) in [6.07, 6.45) is 7.04. The number of hydrogen-bond acceptors (Lipinski definition) is 20. The van der Waals surface area contributed by atoms with Crippen LogP contribution >= 0.6 is 34.7 Å². The van der Waals surface area contributed by atoms with Gasteiger partial charge in [-0.25, -0.2) is 31.8 Å². The van der Waals surface area contributed by atoms with Gasteiger partial charge in [0.15, 0.2) is 5.82 Å². The van der Waals surface area contributed by atoms with E-state index in [9.17, 15) is 54.3 Å². The molecule has 5 aliphatic rings. The summed E-state index contributed by atoms with van der Waals surface area (Å²) in [5.74, 6) is -0.691. The van der Waals surface area contributed by atoms with E-state index in [1.165, 1.54) is 34.1 Å². The van der Waals surface area contributed by atoms with E-state index >= 15 is 0 Å². The van der Waals surface area contributed by atoms with Gasteiger partial charge in [0, 0.05) is 144 Å². The van der Waals surface area contributed by atoms with E-state index in [4.69, 9.17) is 16.3 Å². The molecule has 6 heterocycles. The first-order chi connectivity index (χ1) is 54.4. The van der Waals surface area contributed by atoms with Gasteiger partial charge in [-0.3, -0.25) is 38.6 Å². The number of anilines is 3. The fourth-order valence-electron chi connectivity index (χ4n) is 16.0. The number of aryl methyl sites for hydroxylation is 1. The molecular formula is C83H105ClF3N13O10S4. The van der Waals surface area contributed by atoms with Crippen LogP contribution in [0.3, 0.4) is 0 Å². The topological polar surface area (TPSA) is 272 Å². The van der Waals surface area contributed by atoms with Gasteiger partial charge in [-0.1, -0.05) is 112 Å². The molecule has 0 spiro atoms. The summed E-state index contributed by atoms with van der Waals surface area (Å²) < 4.78 is 107. The predicted octanol–water partition coefficient (Wildman–Crippen LogP) is 12.7. The van der Waals surface area contributed by atoms with Crippen molar-refractivity contribution >= 4 is 112 Å². The number of carbonyl (C=O) groups is 4. The average Bonchev–Trinajstić information content (AvgIpc) is 0.916. The Morgan fingerprint density at radius 3 is 2.16 bits per heavy atom. The number of piperazine rings is 2. The molecule has 4 saturated heterocycles. The summed E-state index contributed by atoms with van der Waals surface area (Å²) in [5, 5.41) is 20.9. The number of benzene rings is 5. The van der Waals surface area contributed by atoms with E-state index in [1.807, 2.05) is 124 Å². The number of likely N-dealkylation sites (tertiary alicyclic amines) is 1. The second kappa shape index (κ2) is 37.7. The summed E-state index contributed by atoms with van der Waals surface area (Å²) in [4.78, 5) is 81.3. The third kappa shape index (κ3) is 21.9. The zero-order valence-corrected chi connectivity index (χ0v) is 69.6. The van der Waals surface area contributed by atoms with Crippen LogP contribution in [0.5, 0.6) is 0 Å². The molecule has 31 heteroatoms. The smallest absolute Gasteiger partial charge is 0.391 e. The zero-order chi connectivity index (χ0) is 81.1. The van der Waals surface area contributed by atoms with Crippen LogP contribution in [0.4, 0.5) is 30.4 Å². The number of β-amino-alcohol motifs (C(OH)–C–C–N with tert-alkyl or cyclic N) is 1. The van der Waals surface area contributed by atoms with Crippen LogP contribution < -0.4 is 25.6 Å². The van der Waals surface area contributed by atoms with Gasteiger partial charge in [-0.2, -0.15) is 13.2 Å². The number of sulfone groups is 1. The maximum Gasteiger partial charge on any atom is 0.501 e. The Labute approximate surface area is 680 Å². The van der Waals surface area contributed by atoms with E-state index in [0.29, 0.717) is 112 Å². The highest BCUT2D eigenvalue weighted by atomic mass is 35.5. The van der Waals surface area contributed by atoms with Gasteiger partial charge in [0.25, 0.3) is 19.9 Å². The molecule has 4 amide bonds. The van der Waals surface area contributed by atoms with Gasteiger partial charge < -0.3 is 40.5 Å². The number of ether oxygens (including phenoxy) is 1. The lowest BCUT2D eigenvalue weighted by molar-refractivity contribution is -0.144. The molecule has 5 aromatic carbocycles. The number of aromatic nitrogens is 3. The molecule has 0 saturated carbocycles. The van der Waals surface area contributed by atoms with E-state index in [0.717, 1.165) is 121 Å². The molecule has 6 atom stereocenters. The Balaban J connectivity index is 0.599. The molecule has 0 unspecified atom stereocenters. The predicted molar refractivity (Wildman–Crippen MR) is 443 cm³/mol. The Bertz CT molecular complexity index is 4770. The fraction of sp³-hybridized carbons (Fsp3) is 0.506. The lowest BCUT2D eigenvalue weighted by Crippen LogP contribution is -2.57. The highest BCUT2D eigenvalue weighted by Gasteiger charge is 2.49. The number of unbranched alkanes of at least 4 members (excludes halogenated alkanes) is 3. The van der Waals surface area contributed by atoms with Crippen LogP contribution in [-0.2, 0) is 43.8 Å². The van der Waals surface area contributed by atoms with Crippen LogP contribution in [0.2, 0.25) is 5.02 Å². The molecule has 23 nitrogen and oxygen atoms in total. The molecule has 7 aromatic rings. The number of aliphatic hydroxyl groups is 1. The molecule has 0 radical (unpaired) electrons. The number of halogens is 4. The minimum Gasteiger partial charge on any atom is -0.391 e. The van der Waals surface area contributed by atoms with Crippen molar-refractivity contribution in [2.45, 2.75) is 163 Å². The summed E-state index contributed by atoms with van der Waals surface area (Å²) in [5.41, 5.74) is 3.01. The van der Waals surface area contributed by atoms with Gasteiger partial charge in [0.05, 0.1) is 57.5 Å². The van der Waals surface area contributed by atoms with Crippen LogP contribution in [0.1, 0.15) is 128 Å². The van der Waals surface area contributed by atoms with Crippen molar-refractivity contribution in [3.63, 3.8) is 0 Å². The number of hydrogen-bond donors (Lipinski definition) is 5. The highest BCUT2D eigenvalue weighted by Crippen LogP contribution is 2.45. The van der Waals surface area contributed by atoms with Crippen molar-refractivity contribution in [1.82, 2.24) is 50.1 Å². The lowest BCUT2D eigenvalue weighted by Gasteiger charge is -2.44. The first-order valence-electron chi connectivity index (χ1n) is 39.4. The number of alkyl halides is 3. The van der Waals surface area contributed by atoms with Gasteiger partial charge in [0.1, 0.15) is 23.3 Å². The number of nitrogens with one attached hydrogen (secondary N) is 4. The molecule has 12 rings (SSSR count). The van der Waals surface area contributed by atoms with Crippen LogP contribution in [0.25, 0.3) is 26.9 Å². The molecule has 114 heavy (non-hydrogen) atoms. The number of sulfonamides is 1. The molecule has 4 fully saturated rings. The Morgan fingerprint density at radius 1 is 0.781 bits per heavy atom. The number of thioether (sulfide) groups is 1. The number of rotatable bonds is 31. The van der Waals surface area contributed by atoms with Crippen molar-refractivity contribution < 1.29 is 59.0 Å². The van der Waals surface area contributed by atoms with Gasteiger partial charge in [0.2, 0.25) is 23.6 Å². The Hall–Kier alpha value is -7.78. The van der Waals surface area contributed by atoms with Crippen molar-refractivity contribution in [3.05, 3.63) is 155 Å². The van der Waals surface area contributed by atoms with E-state index in [2.05, 4.69) is 74.3 Å². The fourth-order valence-corrected chi connectivity index (χ4v) is 20.0. The lowest BCUT2D eigenvalue weighted by atomic mass is 9.71. The van der Waals surface area contributed by atoms with E-state index < -0.39 is 70.7 Å². The zero-order valence-electron chi connectivity index (χ0n) is 65.6. The summed E-state index contributed by atoms with van der Waals surface area (Å²) in [6.45, 7) is 22.2. The number of amides is 4. The molecule has 2 aromatic heterocycles. The standard InChI is InChI=1S/C83H105ClF3N13O10S4/c1-56(58-18-20-60(21-19-58)76-57(2)90-55-112-76)91-79(104)72-47-65(101)51-100(72)80(105)77(81(3,4)5)93-74(102)16-12-7-8-13-17-75(103)99-40-36-97(37-41-99)53-82(6)32-30-68(59-22-24-62(84)25-23-59)61(49-82)50-96-34-38-98(39-35-96)64-26-28-69-71(46-64)88-54-89-78(69)94-114(108,109)67-27-29-70(73(48-67)113(106,107)83(85,86)87)92-63(31-33-95-42-44-110-45-43-95)52-111-66-14-10-9-11-15-66/h9-11,14-15,18-29,46,48,54-56,63,65,72,77,92,101H,7-8,12-13,16-17,30-45,47,49-53H2,1-6H3,(H,91,104)(H,93,102)(H,88,89,94)/t56-,63+,65+,72-,77+,82+/m0/s1. The second-order valence-electron chi connectivity index (χ2n) is 32.1. The average molecular weight is 1670 g/mol. The number of thiazole rings is 1. The van der Waals surface area contributed by atoms with Crippen molar-refractivity contribution in [1.29, 1.82) is 0 Å². The molecule has 4 aliphatic heterocycles. The number of nitrogens with zero attached hydrogens (tertiary/aromatic N) is 9. The molecule has 1 aliphatic carbocycles. The van der Waals surface area contributed by atoms with Gasteiger partial charge in [-0.15, -0.1) is 23.1 Å². The van der Waals surface area contributed by atoms with Crippen LogP contribution in [0.15, 0.2) is 147 Å². The maximum absolute atomic E-state index is 14.5. The number of fused-ring (bicyclic) bond motifs is 1. The summed E-state index contributed by atoms with van der Waals surface area (Å²) >= 11 is 9.45. The van der Waals surface area contributed by atoms with Crippen molar-refractivity contribution in [3.8, 4) is 10.4 Å². The SMILES string of the molecule is Cc1ncsc1-c1ccc([C@H](C)NC(=O)[C@@H]2C[C@@H](O)CN2C(=O)[C@@H](NC(=O)CCCCCCC(=O)N2CCN(C[C@]3(C)CCC(c4ccc(Cl)cc4)=C(CN4CCN(c5ccc6c(NS(=O)(=O)c7ccc(N[C@H](CCN8CCOCC8)CSc8ccccc8)c(S(=O)(=O)C(F)(F)F)c7)ncnc6c5)CC4)C3)CC2)C(C)(C)C)cc1. The third-order valence-electron chi connectivity index (χ3n) is 22.5. The van der Waals surface area contributed by atoms with Crippen molar-refractivity contribution in [2.24, 2.45) is 10.8 Å². The van der Waals surface area contributed by atoms with Gasteiger partial charge in [-0.05, 0) is 146 Å². The number of aliphatic hydroxyl groups excluding tert-OH is 1. The molecular weight excluding hydrogens is 1560 g/mol. The number of morpholine rings is 1. The first kappa shape index (κ1) is 85.6. The van der Waals surface area contributed by atoms with Crippen LogP contribution in [0, 0.1) is 17.8 Å². The minimum absolute atomic E-state index is 0.0188. The quantitative estimate of drug-likeness (QED) is 0.0200. The summed E-state index contributed by atoms with van der Waals surface area (Å²) in [6, 6.07) is 30.8. The van der Waals surface area contributed by atoms with Crippen LogP contribution in [-0.4, -0.2) is 225 Å². The van der Waals surface area contributed by atoms with E-state index in [-0.39, 0.29) is 60.1 Å². The van der Waals surface area contributed by atoms with E-state index in [1.54, 1.807) is 17.4 Å². The maximum atomic E-state index is 14.5.